The number of methoxy groups -OCH3 is 1. The molecule has 2 aliphatic rings. The molecule has 1 fully saturated rings. The number of sulfonamides is 1. The van der Waals surface area contributed by atoms with E-state index in [4.69, 9.17) is 4.74 Å². The highest BCUT2D eigenvalue weighted by Gasteiger charge is 2.35. The van der Waals surface area contributed by atoms with Gasteiger partial charge in [-0.2, -0.15) is 4.31 Å². The minimum absolute atomic E-state index is 0.0492. The fourth-order valence-electron chi connectivity index (χ4n) is 4.85. The van der Waals surface area contributed by atoms with Crippen molar-refractivity contribution in [3.05, 3.63) is 46.2 Å². The molecule has 0 bridgehead atoms. The van der Waals surface area contributed by atoms with E-state index in [0.717, 1.165) is 22.9 Å². The molecular formula is C25H31N3O5S2. The molecule has 1 N–H and O–H groups in total. The molecule has 0 aromatic heterocycles. The Morgan fingerprint density at radius 3 is 2.80 bits per heavy atom. The highest BCUT2D eigenvalue weighted by molar-refractivity contribution is 8.17. The van der Waals surface area contributed by atoms with Gasteiger partial charge >= 0.3 is 0 Å². The maximum Gasteiger partial charge on any atom is 0.258 e. The first-order valence-corrected chi connectivity index (χ1v) is 14.4. The molecular weight excluding hydrogens is 486 g/mol. The number of carbonyl (C=O) groups is 2. The van der Waals surface area contributed by atoms with E-state index in [0.29, 0.717) is 48.0 Å². The molecule has 35 heavy (non-hydrogen) atoms. The Morgan fingerprint density at radius 1 is 1.29 bits per heavy atom. The molecule has 0 saturated carbocycles. The average Bonchev–Trinajstić information content (AvgIpc) is 3.14. The van der Waals surface area contributed by atoms with Gasteiger partial charge in [0.2, 0.25) is 15.9 Å². The summed E-state index contributed by atoms with van der Waals surface area (Å²) in [6.45, 7) is 3.39. The zero-order chi connectivity index (χ0) is 25.2. The fourth-order valence-corrected chi connectivity index (χ4v) is 7.55. The molecule has 8 nitrogen and oxygen atoms in total. The van der Waals surface area contributed by atoms with Gasteiger partial charge in [-0.05, 0) is 50.6 Å². The van der Waals surface area contributed by atoms with Crippen LogP contribution in [-0.4, -0.2) is 64.1 Å². The second-order valence-corrected chi connectivity index (χ2v) is 11.7. The van der Waals surface area contributed by atoms with Crippen molar-refractivity contribution in [3.8, 4) is 0 Å². The lowest BCUT2D eigenvalue weighted by Crippen LogP contribution is -2.43. The van der Waals surface area contributed by atoms with Crippen LogP contribution in [-0.2, 0) is 19.6 Å². The molecule has 1 unspecified atom stereocenters. The van der Waals surface area contributed by atoms with Crippen LogP contribution in [0, 0.1) is 5.92 Å². The molecule has 0 spiro atoms. The summed E-state index contributed by atoms with van der Waals surface area (Å²) in [5, 5.41) is 4.65. The summed E-state index contributed by atoms with van der Waals surface area (Å²) in [5.41, 5.74) is 2.08. The first kappa shape index (κ1) is 25.7. The van der Waals surface area contributed by atoms with Gasteiger partial charge in [0.25, 0.3) is 5.91 Å². The molecule has 10 heteroatoms. The van der Waals surface area contributed by atoms with Crippen LogP contribution < -0.4 is 10.2 Å². The van der Waals surface area contributed by atoms with Crippen LogP contribution in [0.4, 0.5) is 11.4 Å². The van der Waals surface area contributed by atoms with Gasteiger partial charge < -0.3 is 15.0 Å². The summed E-state index contributed by atoms with van der Waals surface area (Å²) in [4.78, 5) is 28.0. The van der Waals surface area contributed by atoms with Crippen LogP contribution in [0.1, 0.15) is 36.5 Å². The van der Waals surface area contributed by atoms with Gasteiger partial charge in [0.05, 0.1) is 11.6 Å². The average molecular weight is 518 g/mol. The third kappa shape index (κ3) is 4.84. The Labute approximate surface area is 210 Å². The van der Waals surface area contributed by atoms with Crippen LogP contribution in [0.15, 0.2) is 40.6 Å². The van der Waals surface area contributed by atoms with Crippen molar-refractivity contribution in [1.82, 2.24) is 4.31 Å². The maximum absolute atomic E-state index is 13.2. The molecule has 2 aromatic rings. The summed E-state index contributed by atoms with van der Waals surface area (Å²) in [5.74, 6) is -0.710. The van der Waals surface area contributed by atoms with E-state index in [9.17, 15) is 18.0 Å². The number of piperidine rings is 1. The monoisotopic (exact) mass is 517 g/mol. The van der Waals surface area contributed by atoms with Gasteiger partial charge in [-0.3, -0.25) is 9.59 Å². The van der Waals surface area contributed by atoms with E-state index in [1.807, 2.05) is 30.3 Å². The predicted octanol–water partition coefficient (Wildman–Crippen LogP) is 4.04. The van der Waals surface area contributed by atoms with Crippen LogP contribution >= 0.6 is 11.8 Å². The van der Waals surface area contributed by atoms with Crippen LogP contribution in [0.3, 0.4) is 0 Å². The summed E-state index contributed by atoms with van der Waals surface area (Å²) in [6.07, 6.45) is 5.30. The molecule has 1 saturated heterocycles. The van der Waals surface area contributed by atoms with Crippen molar-refractivity contribution in [1.29, 1.82) is 0 Å². The minimum atomic E-state index is -3.60. The lowest BCUT2D eigenvalue weighted by molar-refractivity contribution is -0.120. The molecule has 188 valence electrons. The van der Waals surface area contributed by atoms with E-state index >= 15 is 0 Å². The third-order valence-corrected chi connectivity index (χ3v) is 10.1. The number of carbonyl (C=O) groups excluding carboxylic acids is 2. The van der Waals surface area contributed by atoms with E-state index in [-0.39, 0.29) is 18.4 Å². The van der Waals surface area contributed by atoms with Gasteiger partial charge in [-0.15, -0.1) is 11.8 Å². The number of allylic oxidation sites excluding steroid dienone is 1. The number of rotatable bonds is 9. The topological polar surface area (TPSA) is 96.0 Å². The van der Waals surface area contributed by atoms with E-state index < -0.39 is 15.9 Å². The SMILES string of the molecule is C/C=C(\SC)S(=O)(=O)N1CCCC(C(=O)Nc2ccc3c4c(cccc24)C(=O)N3CCCOC)C1. The van der Waals surface area contributed by atoms with Gasteiger partial charge in [0.15, 0.2) is 0 Å². The Bertz CT molecular complexity index is 1280. The molecule has 2 heterocycles. The second-order valence-electron chi connectivity index (χ2n) is 8.67. The smallest absolute Gasteiger partial charge is 0.258 e. The lowest BCUT2D eigenvalue weighted by atomic mass is 9.98. The van der Waals surface area contributed by atoms with Crippen LogP contribution in [0.2, 0.25) is 0 Å². The number of ether oxygens (including phenoxy) is 1. The summed E-state index contributed by atoms with van der Waals surface area (Å²) in [6, 6.07) is 9.23. The Kier molecular flexibility index (Phi) is 7.85. The van der Waals surface area contributed by atoms with Gasteiger partial charge in [-0.25, -0.2) is 8.42 Å². The molecule has 2 aliphatic heterocycles. The quantitative estimate of drug-likeness (QED) is 0.505. The van der Waals surface area contributed by atoms with Gasteiger partial charge in [-0.1, -0.05) is 18.2 Å². The van der Waals surface area contributed by atoms with Crippen molar-refractivity contribution in [2.75, 3.05) is 49.8 Å². The first-order valence-electron chi connectivity index (χ1n) is 11.7. The Hall–Kier alpha value is -2.40. The number of nitrogens with one attached hydrogen (secondary N) is 1. The number of benzene rings is 2. The standard InChI is InChI=1S/C25H31N3O5S2/c1-4-22(34-3)35(31,32)27-13-6-8-17(16-27)24(29)26-20-11-12-21-23-18(20)9-5-10-19(23)25(30)28(21)14-7-15-33-2/h4-5,9-12,17H,6-8,13-16H2,1-3H3,(H,26,29)/b22-4+. The summed E-state index contributed by atoms with van der Waals surface area (Å²) in [7, 11) is -1.96. The molecule has 2 amide bonds. The fraction of sp³-hybridized carbons (Fsp3) is 0.440. The van der Waals surface area contributed by atoms with Crippen molar-refractivity contribution in [2.24, 2.45) is 5.92 Å². The maximum atomic E-state index is 13.2. The van der Waals surface area contributed by atoms with E-state index in [1.165, 1.54) is 16.1 Å². The lowest BCUT2D eigenvalue weighted by Gasteiger charge is -2.31. The number of hydrogen-bond acceptors (Lipinski definition) is 6. The van der Waals surface area contributed by atoms with E-state index in [2.05, 4.69) is 5.32 Å². The number of nitrogens with zero attached hydrogens (tertiary/aromatic N) is 2. The van der Waals surface area contributed by atoms with Crippen molar-refractivity contribution < 1.29 is 22.7 Å². The van der Waals surface area contributed by atoms with Crippen molar-refractivity contribution in [2.45, 2.75) is 26.2 Å². The molecule has 1 atom stereocenters. The number of amides is 2. The molecule has 4 rings (SSSR count). The highest BCUT2D eigenvalue weighted by Crippen LogP contribution is 2.41. The van der Waals surface area contributed by atoms with Crippen molar-refractivity contribution in [3.63, 3.8) is 0 Å². The number of anilines is 2. The molecule has 0 aliphatic carbocycles. The Morgan fingerprint density at radius 2 is 2.09 bits per heavy atom. The number of thioether (sulfide) groups is 1. The Balaban J connectivity index is 1.56. The van der Waals surface area contributed by atoms with Crippen molar-refractivity contribution >= 4 is 55.7 Å². The summed E-state index contributed by atoms with van der Waals surface area (Å²) >= 11 is 1.19. The third-order valence-electron chi connectivity index (χ3n) is 6.56. The zero-order valence-corrected chi connectivity index (χ0v) is 21.9. The largest absolute Gasteiger partial charge is 0.385 e. The zero-order valence-electron chi connectivity index (χ0n) is 20.2. The number of hydrogen-bond donors (Lipinski definition) is 1. The normalized spacial score (nSPS) is 18.9. The van der Waals surface area contributed by atoms with Crippen LogP contribution in [0.25, 0.3) is 10.8 Å². The molecule has 2 aromatic carbocycles. The van der Waals surface area contributed by atoms with Crippen LogP contribution in [0.5, 0.6) is 0 Å². The predicted molar refractivity (Wildman–Crippen MR) is 141 cm³/mol. The first-order chi connectivity index (χ1) is 16.8. The van der Waals surface area contributed by atoms with E-state index in [1.54, 1.807) is 31.3 Å². The molecule has 0 radical (unpaired) electrons. The van der Waals surface area contributed by atoms with Gasteiger partial charge in [0, 0.05) is 55.4 Å². The minimum Gasteiger partial charge on any atom is -0.385 e. The second kappa shape index (κ2) is 10.7. The van der Waals surface area contributed by atoms with Gasteiger partial charge in [0.1, 0.15) is 4.24 Å². The summed E-state index contributed by atoms with van der Waals surface area (Å²) < 4.78 is 32.7. The highest BCUT2D eigenvalue weighted by atomic mass is 32.3.